The number of carbonyl (C=O) groups excluding carboxylic acids is 5. The van der Waals surface area contributed by atoms with Crippen molar-refractivity contribution in [3.05, 3.63) is 159 Å². The fourth-order valence-corrected chi connectivity index (χ4v) is 10.0. The van der Waals surface area contributed by atoms with Gasteiger partial charge in [0.15, 0.2) is 5.78 Å². The molecule has 0 unspecified atom stereocenters. The molecule has 0 spiro atoms. The van der Waals surface area contributed by atoms with Gasteiger partial charge in [0.25, 0.3) is 11.8 Å². The summed E-state index contributed by atoms with van der Waals surface area (Å²) < 4.78 is 11.7. The third kappa shape index (κ3) is 5.71. The molecular formula is C45H35Cl2N3O8. The van der Waals surface area contributed by atoms with Crippen LogP contribution in [0.1, 0.15) is 51.8 Å². The Bertz CT molecular complexity index is 2540. The maximum absolute atomic E-state index is 15.4. The number of hydrogen-bond donors (Lipinski definition) is 2. The van der Waals surface area contributed by atoms with E-state index in [2.05, 4.69) is 5.43 Å². The van der Waals surface area contributed by atoms with E-state index in [1.165, 1.54) is 18.1 Å². The molecule has 0 bridgehead atoms. The number of nitrogens with one attached hydrogen (secondary N) is 1. The molecule has 4 aromatic carbocycles. The van der Waals surface area contributed by atoms with Gasteiger partial charge in [-0.15, -0.1) is 0 Å². The predicted octanol–water partition coefficient (Wildman–Crippen LogP) is 7.51. The number of ketones is 1. The minimum absolute atomic E-state index is 0.0531. The van der Waals surface area contributed by atoms with Crippen molar-refractivity contribution < 1.29 is 38.2 Å². The van der Waals surface area contributed by atoms with Crippen molar-refractivity contribution in [2.24, 2.45) is 23.7 Å². The number of imide groups is 2. The summed E-state index contributed by atoms with van der Waals surface area (Å²) in [6.45, 7) is -0.411. The van der Waals surface area contributed by atoms with Crippen LogP contribution in [0.2, 0.25) is 10.0 Å². The predicted molar refractivity (Wildman–Crippen MR) is 214 cm³/mol. The number of halogens is 2. The van der Waals surface area contributed by atoms with Crippen molar-refractivity contribution in [1.29, 1.82) is 0 Å². The Balaban J connectivity index is 1.15. The molecule has 0 radical (unpaired) electrons. The number of benzene rings is 4. The van der Waals surface area contributed by atoms with Gasteiger partial charge in [-0.1, -0.05) is 77.3 Å². The van der Waals surface area contributed by atoms with Gasteiger partial charge in [-0.25, -0.2) is 0 Å². The van der Waals surface area contributed by atoms with Gasteiger partial charge < -0.3 is 14.3 Å². The Labute approximate surface area is 342 Å². The van der Waals surface area contributed by atoms with E-state index in [0.29, 0.717) is 44.5 Å². The second-order valence-corrected chi connectivity index (χ2v) is 15.8. The highest BCUT2D eigenvalue weighted by Gasteiger charge is 2.71. The van der Waals surface area contributed by atoms with Gasteiger partial charge in [0.05, 0.1) is 47.2 Å². The summed E-state index contributed by atoms with van der Waals surface area (Å²) >= 11 is 12.7. The number of methoxy groups -OCH3 is 1. The Morgan fingerprint density at radius 1 is 0.862 bits per heavy atom. The van der Waals surface area contributed by atoms with Gasteiger partial charge in [0.2, 0.25) is 11.8 Å². The van der Waals surface area contributed by atoms with E-state index in [-0.39, 0.29) is 41.0 Å². The average molecular weight is 817 g/mol. The van der Waals surface area contributed by atoms with Crippen molar-refractivity contribution in [2.45, 2.75) is 30.8 Å². The number of fused-ring (bicyclic) bond motifs is 4. The first kappa shape index (κ1) is 37.6. The molecule has 3 heterocycles. The number of hydrogen-bond acceptors (Lipinski definition) is 9. The number of rotatable bonds is 9. The molecule has 4 amide bonds. The van der Waals surface area contributed by atoms with Crippen LogP contribution in [0.3, 0.4) is 0 Å². The van der Waals surface area contributed by atoms with Gasteiger partial charge in [0.1, 0.15) is 29.3 Å². The first-order valence-corrected chi connectivity index (χ1v) is 19.5. The van der Waals surface area contributed by atoms with E-state index in [4.69, 9.17) is 32.4 Å². The summed E-state index contributed by atoms with van der Waals surface area (Å²) in [6, 6.07) is 30.1. The molecule has 11 nitrogen and oxygen atoms in total. The topological polar surface area (TPSA) is 146 Å². The van der Waals surface area contributed by atoms with E-state index < -0.39 is 59.3 Å². The standard InChI is InChI=1S/C45H35Cl2N3O8/c1-57-29-14-9-26(10-15-29)45-34(42(54)50(44(45)56)48-36-19-11-27(46)21-35(36)47)22-33-31(39(45)37-20-16-30(23-51)58-37)17-18-32-38(33)43(55)49(41(32)53)28-12-7-25(8-13-28)40(52)24-5-3-2-4-6-24/h2-17,19-21,32-34,38-39,48,51H,18,22-23H2,1H3/t32-,33+,34-,38-,39+,45+/m0/s1. The summed E-state index contributed by atoms with van der Waals surface area (Å²) in [5.41, 5.74) is 4.08. The van der Waals surface area contributed by atoms with Crippen molar-refractivity contribution in [3.63, 3.8) is 0 Å². The molecule has 4 aliphatic rings. The maximum atomic E-state index is 15.4. The van der Waals surface area contributed by atoms with Crippen molar-refractivity contribution in [3.8, 4) is 5.75 Å². The van der Waals surface area contributed by atoms with Crippen LogP contribution in [0, 0.1) is 23.7 Å². The van der Waals surface area contributed by atoms with E-state index >= 15 is 4.79 Å². The third-order valence-corrected chi connectivity index (χ3v) is 12.7. The zero-order valence-electron chi connectivity index (χ0n) is 30.9. The minimum Gasteiger partial charge on any atom is -0.497 e. The van der Waals surface area contributed by atoms with Crippen molar-refractivity contribution in [2.75, 3.05) is 17.4 Å². The van der Waals surface area contributed by atoms with Crippen LogP contribution in [0.4, 0.5) is 11.4 Å². The second kappa shape index (κ2) is 14.4. The Morgan fingerprint density at radius 2 is 1.59 bits per heavy atom. The van der Waals surface area contributed by atoms with Crippen molar-refractivity contribution in [1.82, 2.24) is 5.01 Å². The van der Waals surface area contributed by atoms with Crippen LogP contribution in [0.5, 0.6) is 5.75 Å². The summed E-state index contributed by atoms with van der Waals surface area (Å²) in [5.74, 6) is -5.28. The van der Waals surface area contributed by atoms with Crippen LogP contribution in [0.15, 0.2) is 125 Å². The summed E-state index contributed by atoms with van der Waals surface area (Å²) in [5, 5.41) is 11.6. The van der Waals surface area contributed by atoms with Gasteiger partial charge in [-0.2, -0.15) is 5.01 Å². The molecular weight excluding hydrogens is 781 g/mol. The Hall–Kier alpha value is -6.01. The number of carbonyl (C=O) groups is 5. The van der Waals surface area contributed by atoms with E-state index in [1.54, 1.807) is 97.1 Å². The lowest BCUT2D eigenvalue weighted by Crippen LogP contribution is -2.53. The minimum atomic E-state index is -1.61. The number of aliphatic hydroxyl groups is 1. The number of anilines is 2. The van der Waals surface area contributed by atoms with Crippen molar-refractivity contribution >= 4 is 64.0 Å². The smallest absolute Gasteiger partial charge is 0.260 e. The highest BCUT2D eigenvalue weighted by molar-refractivity contribution is 6.36. The lowest BCUT2D eigenvalue weighted by atomic mass is 9.50. The van der Waals surface area contributed by atoms with Crippen LogP contribution in [-0.4, -0.2) is 46.6 Å². The second-order valence-electron chi connectivity index (χ2n) is 14.9. The first-order valence-electron chi connectivity index (χ1n) is 18.8. The maximum Gasteiger partial charge on any atom is 0.260 e. The third-order valence-electron chi connectivity index (χ3n) is 12.1. The molecule has 1 aromatic heterocycles. The number of hydrazine groups is 1. The molecule has 2 N–H and O–H groups in total. The fourth-order valence-electron chi connectivity index (χ4n) is 9.56. The zero-order valence-corrected chi connectivity index (χ0v) is 32.4. The zero-order chi connectivity index (χ0) is 40.5. The summed E-state index contributed by atoms with van der Waals surface area (Å²) in [7, 11) is 1.53. The lowest BCUT2D eigenvalue weighted by Gasteiger charge is -2.49. The Kier molecular flexibility index (Phi) is 9.34. The number of nitrogens with zero attached hydrogens (tertiary/aromatic N) is 2. The molecule has 58 heavy (non-hydrogen) atoms. The first-order chi connectivity index (χ1) is 28.1. The molecule has 292 valence electrons. The highest BCUT2D eigenvalue weighted by Crippen LogP contribution is 2.64. The molecule has 3 fully saturated rings. The molecule has 9 rings (SSSR count). The number of aliphatic hydroxyl groups excluding tert-OH is 1. The highest BCUT2D eigenvalue weighted by atomic mass is 35.5. The van der Waals surface area contributed by atoms with Crippen LogP contribution in [0.25, 0.3) is 0 Å². The van der Waals surface area contributed by atoms with E-state index in [9.17, 15) is 24.3 Å². The largest absolute Gasteiger partial charge is 0.497 e. The normalized spacial score (nSPS) is 25.0. The van der Waals surface area contributed by atoms with Crippen LogP contribution in [-0.2, 0) is 31.2 Å². The molecule has 6 atom stereocenters. The molecule has 13 heteroatoms. The van der Waals surface area contributed by atoms with Gasteiger partial charge >= 0.3 is 0 Å². The Morgan fingerprint density at radius 3 is 2.26 bits per heavy atom. The van der Waals surface area contributed by atoms with Crippen LogP contribution < -0.4 is 15.1 Å². The fraction of sp³-hybridized carbons (Fsp3) is 0.222. The molecule has 2 saturated heterocycles. The van der Waals surface area contributed by atoms with Crippen LogP contribution >= 0.6 is 23.2 Å². The number of furan rings is 1. The monoisotopic (exact) mass is 815 g/mol. The summed E-state index contributed by atoms with van der Waals surface area (Å²) in [4.78, 5) is 73.6. The average Bonchev–Trinajstić information content (AvgIpc) is 3.89. The number of ether oxygens (including phenoxy) is 1. The molecule has 2 aliphatic carbocycles. The van der Waals surface area contributed by atoms with E-state index in [1.807, 2.05) is 12.1 Å². The lowest BCUT2D eigenvalue weighted by molar-refractivity contribution is -0.138. The molecule has 5 aromatic rings. The van der Waals surface area contributed by atoms with Gasteiger partial charge in [-0.3, -0.25) is 34.3 Å². The van der Waals surface area contributed by atoms with Gasteiger partial charge in [0, 0.05) is 16.1 Å². The van der Waals surface area contributed by atoms with Gasteiger partial charge in [-0.05, 0) is 91.1 Å². The molecule has 2 aliphatic heterocycles. The number of allylic oxidation sites excluding steroid dienone is 2. The summed E-state index contributed by atoms with van der Waals surface area (Å²) in [6.07, 6.45) is 2.16. The molecule has 1 saturated carbocycles. The van der Waals surface area contributed by atoms with E-state index in [0.717, 1.165) is 5.01 Å². The number of amides is 4. The quantitative estimate of drug-likeness (QED) is 0.0877. The SMILES string of the molecule is COc1ccc([C@@]23C(=O)N(Nc4ccc(Cl)cc4Cl)C(=O)[C@@H]2C[C@@H]2C(=CC[C@@H]4C(=O)N(c5ccc(C(=O)c6ccccc6)cc5)C(=O)[C@@H]42)[C@@H]3c2ccc(CO)o2)cc1.